The molecule has 1 aromatic carbocycles. The lowest BCUT2D eigenvalue weighted by Gasteiger charge is -2.26. The van der Waals surface area contributed by atoms with Crippen LogP contribution in [-0.2, 0) is 6.42 Å². The van der Waals surface area contributed by atoms with Crippen molar-refractivity contribution in [2.45, 2.75) is 31.3 Å². The Kier molecular flexibility index (Phi) is 3.39. The van der Waals surface area contributed by atoms with Crippen LogP contribution in [0.1, 0.15) is 18.4 Å². The van der Waals surface area contributed by atoms with Crippen LogP contribution in [0.2, 0.25) is 0 Å². The van der Waals surface area contributed by atoms with Crippen molar-refractivity contribution in [1.29, 1.82) is 0 Å². The molecule has 1 aromatic rings. The molecule has 1 unspecified atom stereocenters. The molecule has 2 nitrogen and oxygen atoms in total. The summed E-state index contributed by atoms with van der Waals surface area (Å²) in [5, 5.41) is 0. The van der Waals surface area contributed by atoms with E-state index in [1.54, 1.807) is 0 Å². The Morgan fingerprint density at radius 3 is 2.53 bits per heavy atom. The molecule has 0 bridgehead atoms. The molecule has 0 amide bonds. The molecule has 15 heavy (non-hydrogen) atoms. The molecule has 1 saturated carbocycles. The Hall–Kier alpha value is -0.860. The summed E-state index contributed by atoms with van der Waals surface area (Å²) in [6, 6.07) is 11.9. The SMILES string of the molecule is CN(C1CC1)C(CN)Cc1ccccc1. The van der Waals surface area contributed by atoms with Gasteiger partial charge in [0.25, 0.3) is 0 Å². The molecular formula is C13H20N2. The number of likely N-dealkylation sites (N-methyl/N-ethyl adjacent to an activating group) is 1. The number of nitrogens with two attached hydrogens (primary N) is 1. The highest BCUT2D eigenvalue weighted by molar-refractivity contribution is 5.16. The van der Waals surface area contributed by atoms with Crippen LogP contribution in [0.4, 0.5) is 0 Å². The normalized spacial score (nSPS) is 18.1. The monoisotopic (exact) mass is 204 g/mol. The number of hydrogen-bond donors (Lipinski definition) is 1. The van der Waals surface area contributed by atoms with Crippen LogP contribution in [0.25, 0.3) is 0 Å². The molecule has 0 aromatic heterocycles. The van der Waals surface area contributed by atoms with Crippen LogP contribution in [-0.4, -0.2) is 30.6 Å². The summed E-state index contributed by atoms with van der Waals surface area (Å²) in [6.07, 6.45) is 3.77. The maximum Gasteiger partial charge on any atom is 0.0258 e. The smallest absolute Gasteiger partial charge is 0.0258 e. The number of rotatable bonds is 5. The van der Waals surface area contributed by atoms with Crippen molar-refractivity contribution in [2.24, 2.45) is 5.73 Å². The molecule has 0 aliphatic heterocycles. The highest BCUT2D eigenvalue weighted by atomic mass is 15.2. The first kappa shape index (κ1) is 10.7. The van der Waals surface area contributed by atoms with Gasteiger partial charge in [-0.25, -0.2) is 0 Å². The van der Waals surface area contributed by atoms with E-state index < -0.39 is 0 Å². The number of benzene rings is 1. The van der Waals surface area contributed by atoms with Crippen LogP contribution < -0.4 is 5.73 Å². The number of nitrogens with zero attached hydrogens (tertiary/aromatic N) is 1. The Labute approximate surface area is 92.1 Å². The summed E-state index contributed by atoms with van der Waals surface area (Å²) in [4.78, 5) is 2.45. The summed E-state index contributed by atoms with van der Waals surface area (Å²) in [7, 11) is 2.21. The van der Waals surface area contributed by atoms with E-state index in [2.05, 4.69) is 42.3 Å². The van der Waals surface area contributed by atoms with Gasteiger partial charge in [-0.2, -0.15) is 0 Å². The van der Waals surface area contributed by atoms with Crippen molar-refractivity contribution in [1.82, 2.24) is 4.90 Å². The van der Waals surface area contributed by atoms with Gasteiger partial charge in [0.2, 0.25) is 0 Å². The maximum absolute atomic E-state index is 5.85. The first-order valence-corrected chi connectivity index (χ1v) is 5.77. The molecule has 1 fully saturated rings. The Morgan fingerprint density at radius 2 is 2.00 bits per heavy atom. The summed E-state index contributed by atoms with van der Waals surface area (Å²) < 4.78 is 0. The molecular weight excluding hydrogens is 184 g/mol. The van der Waals surface area contributed by atoms with Gasteiger partial charge >= 0.3 is 0 Å². The first-order valence-electron chi connectivity index (χ1n) is 5.77. The zero-order valence-corrected chi connectivity index (χ0v) is 9.39. The van der Waals surface area contributed by atoms with Crippen molar-refractivity contribution in [3.63, 3.8) is 0 Å². The van der Waals surface area contributed by atoms with Crippen molar-refractivity contribution < 1.29 is 0 Å². The fourth-order valence-electron chi connectivity index (χ4n) is 2.06. The standard InChI is InChI=1S/C13H20N2/c1-15(12-7-8-12)13(10-14)9-11-5-3-2-4-6-11/h2-6,12-13H,7-10,14H2,1H3. The fourth-order valence-corrected chi connectivity index (χ4v) is 2.06. The minimum atomic E-state index is 0.500. The molecule has 0 radical (unpaired) electrons. The lowest BCUT2D eigenvalue weighted by Crippen LogP contribution is -2.40. The summed E-state index contributed by atoms with van der Waals surface area (Å²) >= 11 is 0. The Balaban J connectivity index is 1.95. The average Bonchev–Trinajstić information content (AvgIpc) is 3.10. The van der Waals surface area contributed by atoms with Gasteiger partial charge in [0.1, 0.15) is 0 Å². The van der Waals surface area contributed by atoms with Crippen molar-refractivity contribution in [3.8, 4) is 0 Å². The highest BCUT2D eigenvalue weighted by Gasteiger charge is 2.30. The molecule has 0 saturated heterocycles. The predicted molar refractivity (Wildman–Crippen MR) is 63.8 cm³/mol. The molecule has 1 atom stereocenters. The minimum absolute atomic E-state index is 0.500. The van der Waals surface area contributed by atoms with Gasteiger partial charge in [0, 0.05) is 18.6 Å². The molecule has 82 valence electrons. The van der Waals surface area contributed by atoms with E-state index in [4.69, 9.17) is 5.73 Å². The third-order valence-electron chi connectivity index (χ3n) is 3.29. The quantitative estimate of drug-likeness (QED) is 0.790. The minimum Gasteiger partial charge on any atom is -0.329 e. The van der Waals surface area contributed by atoms with E-state index in [0.717, 1.165) is 19.0 Å². The molecule has 2 rings (SSSR count). The topological polar surface area (TPSA) is 29.3 Å². The second-order valence-corrected chi connectivity index (χ2v) is 4.48. The van der Waals surface area contributed by atoms with E-state index in [1.165, 1.54) is 18.4 Å². The van der Waals surface area contributed by atoms with Crippen LogP contribution in [0.15, 0.2) is 30.3 Å². The highest BCUT2D eigenvalue weighted by Crippen LogP contribution is 2.27. The van der Waals surface area contributed by atoms with Crippen LogP contribution >= 0.6 is 0 Å². The third-order valence-corrected chi connectivity index (χ3v) is 3.29. The molecule has 1 aliphatic rings. The van der Waals surface area contributed by atoms with Crippen LogP contribution in [0.5, 0.6) is 0 Å². The largest absolute Gasteiger partial charge is 0.329 e. The van der Waals surface area contributed by atoms with E-state index in [1.807, 2.05) is 0 Å². The van der Waals surface area contributed by atoms with Gasteiger partial charge in [0.15, 0.2) is 0 Å². The number of hydrogen-bond acceptors (Lipinski definition) is 2. The third kappa shape index (κ3) is 2.80. The van der Waals surface area contributed by atoms with E-state index in [9.17, 15) is 0 Å². The summed E-state index contributed by atoms with van der Waals surface area (Å²) in [5.41, 5.74) is 7.23. The van der Waals surface area contributed by atoms with Gasteiger partial charge < -0.3 is 5.73 Å². The second kappa shape index (κ2) is 4.77. The lowest BCUT2D eigenvalue weighted by molar-refractivity contribution is 0.235. The fraction of sp³-hybridized carbons (Fsp3) is 0.538. The second-order valence-electron chi connectivity index (χ2n) is 4.48. The van der Waals surface area contributed by atoms with E-state index in [-0.39, 0.29) is 0 Å². The first-order chi connectivity index (χ1) is 7.31. The average molecular weight is 204 g/mol. The van der Waals surface area contributed by atoms with Gasteiger partial charge in [-0.1, -0.05) is 30.3 Å². The molecule has 1 aliphatic carbocycles. The summed E-state index contributed by atoms with van der Waals surface area (Å²) in [5.74, 6) is 0. The predicted octanol–water partition coefficient (Wildman–Crippen LogP) is 1.65. The van der Waals surface area contributed by atoms with E-state index in [0.29, 0.717) is 6.04 Å². The molecule has 0 heterocycles. The van der Waals surface area contributed by atoms with Crippen molar-refractivity contribution in [2.75, 3.05) is 13.6 Å². The van der Waals surface area contributed by atoms with Crippen molar-refractivity contribution >= 4 is 0 Å². The van der Waals surface area contributed by atoms with Gasteiger partial charge in [-0.3, -0.25) is 4.90 Å². The van der Waals surface area contributed by atoms with Gasteiger partial charge in [-0.05, 0) is 31.9 Å². The van der Waals surface area contributed by atoms with Crippen LogP contribution in [0, 0.1) is 0 Å². The maximum atomic E-state index is 5.85. The molecule has 2 heteroatoms. The Morgan fingerprint density at radius 1 is 1.33 bits per heavy atom. The summed E-state index contributed by atoms with van der Waals surface area (Å²) in [6.45, 7) is 0.752. The Bertz CT molecular complexity index is 293. The zero-order chi connectivity index (χ0) is 10.7. The van der Waals surface area contributed by atoms with Gasteiger partial charge in [-0.15, -0.1) is 0 Å². The van der Waals surface area contributed by atoms with Gasteiger partial charge in [0.05, 0.1) is 0 Å². The van der Waals surface area contributed by atoms with Crippen LogP contribution in [0.3, 0.4) is 0 Å². The molecule has 0 spiro atoms. The zero-order valence-electron chi connectivity index (χ0n) is 9.39. The van der Waals surface area contributed by atoms with Crippen molar-refractivity contribution in [3.05, 3.63) is 35.9 Å². The van der Waals surface area contributed by atoms with E-state index >= 15 is 0 Å². The molecule has 2 N–H and O–H groups in total. The lowest BCUT2D eigenvalue weighted by atomic mass is 10.1.